The Labute approximate surface area is 243 Å². The lowest BCUT2D eigenvalue weighted by atomic mass is 9.59. The molecule has 0 saturated heterocycles. The molecule has 4 saturated carbocycles. The first-order valence-corrected chi connectivity index (χ1v) is 14.7. The number of carbonyl (C=O) groups is 2. The van der Waals surface area contributed by atoms with E-state index in [1.165, 1.54) is 12.5 Å². The zero-order valence-electron chi connectivity index (χ0n) is 24.4. The van der Waals surface area contributed by atoms with Crippen molar-refractivity contribution in [3.8, 4) is 0 Å². The van der Waals surface area contributed by atoms with E-state index in [1.807, 2.05) is 0 Å². The molecule has 0 bridgehead atoms. The molecule has 4 aliphatic rings. The van der Waals surface area contributed by atoms with Gasteiger partial charge in [-0.3, -0.25) is 9.59 Å². The van der Waals surface area contributed by atoms with E-state index >= 15 is 0 Å². The molecule has 4 rings (SSSR count). The predicted molar refractivity (Wildman–Crippen MR) is 145 cm³/mol. The number of hydrogen-bond donors (Lipinski definition) is 0. The Morgan fingerprint density at radius 2 is 1.60 bits per heavy atom. The number of hydrogen-bond acceptors (Lipinski definition) is 4. The Morgan fingerprint density at radius 1 is 0.929 bits per heavy atom. The number of halogens is 6. The minimum Gasteiger partial charge on any atom is -0.458 e. The van der Waals surface area contributed by atoms with E-state index in [4.69, 9.17) is 4.74 Å². The maximum absolute atomic E-state index is 13.7. The van der Waals surface area contributed by atoms with Gasteiger partial charge in [0.2, 0.25) is 0 Å². The molecule has 1 unspecified atom stereocenters. The third-order valence-electron chi connectivity index (χ3n) is 10.1. The second kappa shape index (κ2) is 11.5. The average Bonchev–Trinajstić information content (AvgIpc) is 3.54. The molecule has 0 N–H and O–H groups in total. The molecule has 0 heterocycles. The van der Waals surface area contributed by atoms with Crippen LogP contribution < -0.4 is 0 Å². The Balaban J connectivity index is 1.54. The molecule has 4 fully saturated rings. The zero-order chi connectivity index (χ0) is 31.1. The third kappa shape index (κ3) is 6.09. The van der Waals surface area contributed by atoms with Crippen molar-refractivity contribution < 1.29 is 45.4 Å². The molecule has 0 aromatic rings. The Kier molecular flexibility index (Phi) is 8.89. The van der Waals surface area contributed by atoms with Gasteiger partial charge in [-0.2, -0.15) is 26.3 Å². The van der Waals surface area contributed by atoms with Crippen molar-refractivity contribution in [2.45, 2.75) is 115 Å². The van der Waals surface area contributed by atoms with E-state index in [0.717, 1.165) is 81.4 Å². The molecule has 42 heavy (non-hydrogen) atoms. The minimum atomic E-state index is -5.85. The van der Waals surface area contributed by atoms with Gasteiger partial charge in [0.25, 0.3) is 0 Å². The van der Waals surface area contributed by atoms with Crippen molar-refractivity contribution in [1.82, 2.24) is 0 Å². The number of fused-ring (bicyclic) bond motifs is 1. The average molecular weight is 603 g/mol. The normalized spacial score (nSPS) is 31.8. The van der Waals surface area contributed by atoms with Crippen LogP contribution in [0.25, 0.3) is 0 Å². The SMILES string of the molecule is C=C1C(=CC=C2CCC[C@@]3(C)C2CC[C@@H]3C2(CC=CC(OC(C)=O)(C(F)(F)F)C(F)(F)F)CC2)CCC[C@@H]1OC(C)=O. The Morgan fingerprint density at radius 3 is 2.17 bits per heavy atom. The Hall–Kier alpha value is -2.52. The summed E-state index contributed by atoms with van der Waals surface area (Å²) in [5, 5.41) is 0. The molecule has 0 spiro atoms. The highest BCUT2D eigenvalue weighted by Gasteiger charge is 2.73. The van der Waals surface area contributed by atoms with Crippen LogP contribution >= 0.6 is 0 Å². The number of ether oxygens (including phenoxy) is 2. The summed E-state index contributed by atoms with van der Waals surface area (Å²) in [5.74, 6) is -1.55. The first-order chi connectivity index (χ1) is 19.5. The van der Waals surface area contributed by atoms with E-state index in [9.17, 15) is 35.9 Å². The highest BCUT2D eigenvalue weighted by atomic mass is 19.4. The lowest BCUT2D eigenvalue weighted by Gasteiger charge is -2.45. The Bertz CT molecular complexity index is 1160. The molecule has 0 amide bonds. The predicted octanol–water partition coefficient (Wildman–Crippen LogP) is 8.88. The standard InChI is InChI=1S/C32H40F6O4/c1-20-23(8-5-10-26(20)41-21(2)39)11-12-24-9-6-15-28(4)25(24)13-14-27(28)29(18-19-29)16-7-17-30(31(33,34)35,32(36,37)38)42-22(3)40/h7,11-12,17,25-27H,1,5-6,8-10,13-16,18-19H2,2-4H3/t25?,26-,27-,28-/m0/s1. The number of esters is 2. The van der Waals surface area contributed by atoms with Crippen LogP contribution in [-0.2, 0) is 19.1 Å². The van der Waals surface area contributed by atoms with E-state index in [-0.39, 0.29) is 47.2 Å². The number of allylic oxidation sites excluding steroid dienone is 4. The van der Waals surface area contributed by atoms with Crippen LogP contribution in [0.5, 0.6) is 0 Å². The van der Waals surface area contributed by atoms with Crippen LogP contribution in [0.15, 0.2) is 47.6 Å². The molecule has 0 aromatic carbocycles. The highest BCUT2D eigenvalue weighted by molar-refractivity contribution is 5.67. The number of alkyl halides is 6. The highest BCUT2D eigenvalue weighted by Crippen LogP contribution is 2.70. The second-order valence-corrected chi connectivity index (χ2v) is 12.8. The fourth-order valence-corrected chi connectivity index (χ4v) is 8.03. The van der Waals surface area contributed by atoms with Crippen LogP contribution in [0.4, 0.5) is 26.3 Å². The molecular weight excluding hydrogens is 562 g/mol. The van der Waals surface area contributed by atoms with Gasteiger partial charge in [0.15, 0.2) is 0 Å². The number of rotatable bonds is 7. The lowest BCUT2D eigenvalue weighted by Crippen LogP contribution is -2.58. The summed E-state index contributed by atoms with van der Waals surface area (Å²) in [6, 6.07) is 0. The van der Waals surface area contributed by atoms with E-state index in [0.29, 0.717) is 6.92 Å². The van der Waals surface area contributed by atoms with Gasteiger partial charge >= 0.3 is 29.9 Å². The summed E-state index contributed by atoms with van der Waals surface area (Å²) in [6.07, 6.45) is 1.83. The summed E-state index contributed by atoms with van der Waals surface area (Å²) >= 11 is 0. The molecule has 4 nitrogen and oxygen atoms in total. The first-order valence-electron chi connectivity index (χ1n) is 14.7. The minimum absolute atomic E-state index is 0.00174. The molecule has 4 aliphatic carbocycles. The van der Waals surface area contributed by atoms with Gasteiger partial charge in [-0.25, -0.2) is 0 Å². The van der Waals surface area contributed by atoms with Gasteiger partial charge in [-0.05, 0) is 111 Å². The fourth-order valence-electron chi connectivity index (χ4n) is 8.03. The molecule has 0 radical (unpaired) electrons. The van der Waals surface area contributed by atoms with Crippen LogP contribution in [0.2, 0.25) is 0 Å². The van der Waals surface area contributed by atoms with Crippen molar-refractivity contribution in [3.05, 3.63) is 47.6 Å². The molecule has 234 valence electrons. The van der Waals surface area contributed by atoms with Crippen molar-refractivity contribution in [2.75, 3.05) is 0 Å². The van der Waals surface area contributed by atoms with Gasteiger partial charge in [0.1, 0.15) is 6.10 Å². The van der Waals surface area contributed by atoms with Crippen molar-refractivity contribution in [3.63, 3.8) is 0 Å². The summed E-state index contributed by atoms with van der Waals surface area (Å²) in [5.41, 5.74) is -1.95. The lowest BCUT2D eigenvalue weighted by molar-refractivity contribution is -0.350. The van der Waals surface area contributed by atoms with Gasteiger partial charge in [0, 0.05) is 13.8 Å². The van der Waals surface area contributed by atoms with Crippen LogP contribution in [0.1, 0.15) is 91.4 Å². The summed E-state index contributed by atoms with van der Waals surface area (Å²) in [6.45, 7) is 8.32. The molecule has 4 atom stereocenters. The maximum atomic E-state index is 13.7. The molecule has 0 aliphatic heterocycles. The summed E-state index contributed by atoms with van der Waals surface area (Å²) < 4.78 is 91.7. The third-order valence-corrected chi connectivity index (χ3v) is 10.1. The van der Waals surface area contributed by atoms with Gasteiger partial charge in [-0.15, -0.1) is 0 Å². The van der Waals surface area contributed by atoms with Crippen molar-refractivity contribution >= 4 is 11.9 Å². The van der Waals surface area contributed by atoms with Crippen molar-refractivity contribution in [2.24, 2.45) is 22.7 Å². The molecule has 0 aromatic heterocycles. The van der Waals surface area contributed by atoms with Crippen LogP contribution in [0, 0.1) is 22.7 Å². The quantitative estimate of drug-likeness (QED) is 0.166. The zero-order valence-corrected chi connectivity index (χ0v) is 24.4. The van der Waals surface area contributed by atoms with Gasteiger partial charge in [0.05, 0.1) is 0 Å². The van der Waals surface area contributed by atoms with E-state index in [1.54, 1.807) is 0 Å². The maximum Gasteiger partial charge on any atom is 0.441 e. The van der Waals surface area contributed by atoms with E-state index < -0.39 is 23.9 Å². The van der Waals surface area contributed by atoms with Gasteiger partial charge in [-0.1, -0.05) is 37.3 Å². The second-order valence-electron chi connectivity index (χ2n) is 12.8. The smallest absolute Gasteiger partial charge is 0.441 e. The number of carbonyl (C=O) groups excluding carboxylic acids is 2. The van der Waals surface area contributed by atoms with Crippen molar-refractivity contribution in [1.29, 1.82) is 0 Å². The monoisotopic (exact) mass is 602 g/mol. The molecule has 10 heteroatoms. The van der Waals surface area contributed by atoms with Crippen LogP contribution in [0.3, 0.4) is 0 Å². The fraction of sp³-hybridized carbons (Fsp3) is 0.688. The molecular formula is C32H40F6O4. The van der Waals surface area contributed by atoms with Crippen LogP contribution in [-0.4, -0.2) is 36.0 Å². The van der Waals surface area contributed by atoms with Gasteiger partial charge < -0.3 is 9.47 Å². The topological polar surface area (TPSA) is 52.6 Å². The van der Waals surface area contributed by atoms with E-state index in [2.05, 4.69) is 30.4 Å². The first kappa shape index (κ1) is 32.4. The summed E-state index contributed by atoms with van der Waals surface area (Å²) in [4.78, 5) is 22.8. The largest absolute Gasteiger partial charge is 0.458 e. The summed E-state index contributed by atoms with van der Waals surface area (Å²) in [7, 11) is 0.